The number of H-pyrrole nitrogens is 1. The Morgan fingerprint density at radius 1 is 1.00 bits per heavy atom. The summed E-state index contributed by atoms with van der Waals surface area (Å²) in [5.74, 6) is 0.987. The minimum Gasteiger partial charge on any atom is -0.497 e. The lowest BCUT2D eigenvalue weighted by Gasteiger charge is -2.21. The van der Waals surface area contributed by atoms with Gasteiger partial charge in [0.25, 0.3) is 0 Å². The van der Waals surface area contributed by atoms with Crippen molar-refractivity contribution in [3.8, 4) is 5.75 Å². The van der Waals surface area contributed by atoms with E-state index in [9.17, 15) is 4.79 Å². The van der Waals surface area contributed by atoms with E-state index in [2.05, 4.69) is 59.0 Å². The number of nitrogens with one attached hydrogen (secondary N) is 2. The second-order valence-electron chi connectivity index (χ2n) is 8.27. The van der Waals surface area contributed by atoms with Crippen LogP contribution >= 0.6 is 0 Å². The Hall–Kier alpha value is -3.53. The van der Waals surface area contributed by atoms with E-state index >= 15 is 0 Å². The first kappa shape index (κ1) is 19.4. The van der Waals surface area contributed by atoms with Crippen LogP contribution in [0.25, 0.3) is 10.9 Å². The minimum absolute atomic E-state index is 0.0394. The number of para-hydroxylation sites is 1. The van der Waals surface area contributed by atoms with Gasteiger partial charge in [-0.15, -0.1) is 0 Å². The molecule has 2 N–H and O–H groups in total. The Morgan fingerprint density at radius 3 is 2.42 bits per heavy atom. The van der Waals surface area contributed by atoms with Gasteiger partial charge in [-0.2, -0.15) is 0 Å². The number of benzene rings is 3. The predicted octanol–water partition coefficient (Wildman–Crippen LogP) is 5.16. The fourth-order valence-corrected chi connectivity index (χ4v) is 4.52. The molecule has 1 aromatic heterocycles. The lowest BCUT2D eigenvalue weighted by Crippen LogP contribution is -2.37. The normalized spacial score (nSPS) is 15.4. The molecule has 31 heavy (non-hydrogen) atoms. The molecule has 1 fully saturated rings. The second-order valence-corrected chi connectivity index (χ2v) is 8.27. The molecule has 4 nitrogen and oxygen atoms in total. The summed E-state index contributed by atoms with van der Waals surface area (Å²) < 4.78 is 5.33. The van der Waals surface area contributed by atoms with E-state index in [0.29, 0.717) is 6.54 Å². The molecule has 0 spiro atoms. The van der Waals surface area contributed by atoms with Crippen molar-refractivity contribution >= 4 is 16.8 Å². The molecule has 0 radical (unpaired) electrons. The van der Waals surface area contributed by atoms with Crippen molar-refractivity contribution in [2.75, 3.05) is 13.7 Å². The van der Waals surface area contributed by atoms with E-state index in [1.54, 1.807) is 7.11 Å². The molecule has 1 saturated carbocycles. The van der Waals surface area contributed by atoms with Crippen LogP contribution in [0.2, 0.25) is 0 Å². The Morgan fingerprint density at radius 2 is 1.71 bits per heavy atom. The highest BCUT2D eigenvalue weighted by Crippen LogP contribution is 2.48. The maximum Gasteiger partial charge on any atom is 0.230 e. The molecular formula is C27H26N2O2. The summed E-state index contributed by atoms with van der Waals surface area (Å²) in [7, 11) is 1.67. The van der Waals surface area contributed by atoms with Gasteiger partial charge in [-0.25, -0.2) is 0 Å². The van der Waals surface area contributed by atoms with Crippen molar-refractivity contribution in [1.29, 1.82) is 0 Å². The van der Waals surface area contributed by atoms with Gasteiger partial charge in [-0.05, 0) is 47.7 Å². The molecule has 4 aromatic rings. The first-order chi connectivity index (χ1) is 15.2. The zero-order valence-corrected chi connectivity index (χ0v) is 17.6. The van der Waals surface area contributed by atoms with Crippen LogP contribution in [0.5, 0.6) is 5.75 Å². The zero-order valence-electron chi connectivity index (χ0n) is 17.6. The predicted molar refractivity (Wildman–Crippen MR) is 123 cm³/mol. The number of hydrogen-bond donors (Lipinski definition) is 2. The van der Waals surface area contributed by atoms with Crippen molar-refractivity contribution in [3.05, 3.63) is 102 Å². The van der Waals surface area contributed by atoms with Crippen molar-refractivity contribution in [3.63, 3.8) is 0 Å². The second kappa shape index (κ2) is 7.95. The first-order valence-electron chi connectivity index (χ1n) is 10.7. The molecule has 1 amide bonds. The number of ether oxygens (including phenoxy) is 1. The molecule has 1 unspecified atom stereocenters. The SMILES string of the molecule is COc1ccc(C(CNC(=O)C2(c3ccccc3)CC2)c2c[nH]c3ccccc23)cc1. The van der Waals surface area contributed by atoms with Crippen molar-refractivity contribution in [2.24, 2.45) is 0 Å². The van der Waals surface area contributed by atoms with E-state index in [1.165, 1.54) is 10.9 Å². The van der Waals surface area contributed by atoms with Crippen LogP contribution in [0.15, 0.2) is 85.1 Å². The van der Waals surface area contributed by atoms with Crippen molar-refractivity contribution < 1.29 is 9.53 Å². The van der Waals surface area contributed by atoms with Gasteiger partial charge in [-0.3, -0.25) is 4.79 Å². The number of carbonyl (C=O) groups excluding carboxylic acids is 1. The Kier molecular flexibility index (Phi) is 4.99. The number of carbonyl (C=O) groups is 1. The van der Waals surface area contributed by atoms with Crippen LogP contribution in [-0.2, 0) is 10.2 Å². The highest BCUT2D eigenvalue weighted by molar-refractivity contribution is 5.91. The van der Waals surface area contributed by atoms with Crippen LogP contribution < -0.4 is 10.1 Å². The highest BCUT2D eigenvalue weighted by atomic mass is 16.5. The lowest BCUT2D eigenvalue weighted by molar-refractivity contribution is -0.123. The van der Waals surface area contributed by atoms with Crippen LogP contribution in [0.3, 0.4) is 0 Å². The number of aromatic amines is 1. The number of rotatable bonds is 7. The van der Waals surface area contributed by atoms with E-state index in [1.807, 2.05) is 36.4 Å². The van der Waals surface area contributed by atoms with Crippen LogP contribution in [0.1, 0.15) is 35.4 Å². The van der Waals surface area contributed by atoms with E-state index in [0.717, 1.165) is 35.2 Å². The van der Waals surface area contributed by atoms with Crippen LogP contribution in [-0.4, -0.2) is 24.5 Å². The van der Waals surface area contributed by atoms with E-state index in [-0.39, 0.29) is 17.2 Å². The quantitative estimate of drug-likeness (QED) is 0.442. The summed E-state index contributed by atoms with van der Waals surface area (Å²) >= 11 is 0. The average Bonchev–Trinajstić information content (AvgIpc) is 3.55. The summed E-state index contributed by atoms with van der Waals surface area (Å²) in [4.78, 5) is 16.6. The van der Waals surface area contributed by atoms with Gasteiger partial charge in [-0.1, -0.05) is 60.7 Å². The van der Waals surface area contributed by atoms with Gasteiger partial charge in [0.2, 0.25) is 5.91 Å². The molecule has 1 heterocycles. The van der Waals surface area contributed by atoms with Gasteiger partial charge >= 0.3 is 0 Å². The molecule has 1 aliphatic rings. The van der Waals surface area contributed by atoms with Crippen LogP contribution in [0, 0.1) is 0 Å². The van der Waals surface area contributed by atoms with Gasteiger partial charge in [0.1, 0.15) is 5.75 Å². The highest BCUT2D eigenvalue weighted by Gasteiger charge is 2.51. The third-order valence-electron chi connectivity index (χ3n) is 6.49. The number of aromatic nitrogens is 1. The standard InChI is InChI=1S/C27H26N2O2/c1-31-21-13-11-19(12-14-21)23(24-18-28-25-10-6-5-9-22(24)25)17-29-26(30)27(15-16-27)20-7-3-2-4-8-20/h2-14,18,23,28H,15-17H2,1H3,(H,29,30). The van der Waals surface area contributed by atoms with Crippen molar-refractivity contribution in [2.45, 2.75) is 24.2 Å². The fourth-order valence-electron chi connectivity index (χ4n) is 4.52. The maximum atomic E-state index is 13.3. The molecule has 5 rings (SSSR count). The molecule has 0 saturated heterocycles. The number of hydrogen-bond acceptors (Lipinski definition) is 2. The average molecular weight is 411 g/mol. The Bertz CT molecular complexity index is 1190. The molecule has 1 aliphatic carbocycles. The zero-order chi connectivity index (χ0) is 21.3. The lowest BCUT2D eigenvalue weighted by atomic mass is 9.90. The largest absolute Gasteiger partial charge is 0.497 e. The van der Waals surface area contributed by atoms with Gasteiger partial charge < -0.3 is 15.0 Å². The topological polar surface area (TPSA) is 54.1 Å². The Balaban J connectivity index is 1.44. The summed E-state index contributed by atoms with van der Waals surface area (Å²) in [6, 6.07) is 26.6. The van der Waals surface area contributed by atoms with E-state index < -0.39 is 0 Å². The summed E-state index contributed by atoms with van der Waals surface area (Å²) in [6.07, 6.45) is 3.88. The number of fused-ring (bicyclic) bond motifs is 1. The number of methoxy groups -OCH3 is 1. The van der Waals surface area contributed by atoms with Crippen molar-refractivity contribution in [1.82, 2.24) is 10.3 Å². The van der Waals surface area contributed by atoms with Gasteiger partial charge in [0.05, 0.1) is 12.5 Å². The van der Waals surface area contributed by atoms with Crippen LogP contribution in [0.4, 0.5) is 0 Å². The Labute approximate surface area is 182 Å². The molecular weight excluding hydrogens is 384 g/mol. The third kappa shape index (κ3) is 3.59. The monoisotopic (exact) mass is 410 g/mol. The maximum absolute atomic E-state index is 13.3. The molecule has 156 valence electrons. The first-order valence-corrected chi connectivity index (χ1v) is 10.7. The summed E-state index contributed by atoms with van der Waals surface area (Å²) in [5, 5.41) is 4.46. The number of amides is 1. The molecule has 0 bridgehead atoms. The molecule has 1 atom stereocenters. The minimum atomic E-state index is -0.369. The molecule has 4 heteroatoms. The summed E-state index contributed by atoms with van der Waals surface area (Å²) in [6.45, 7) is 0.543. The smallest absolute Gasteiger partial charge is 0.230 e. The van der Waals surface area contributed by atoms with Gasteiger partial charge in [0, 0.05) is 29.6 Å². The van der Waals surface area contributed by atoms with E-state index in [4.69, 9.17) is 4.74 Å². The third-order valence-corrected chi connectivity index (χ3v) is 6.49. The fraction of sp³-hybridized carbons (Fsp3) is 0.222. The van der Waals surface area contributed by atoms with Gasteiger partial charge in [0.15, 0.2) is 0 Å². The molecule has 0 aliphatic heterocycles. The summed E-state index contributed by atoms with van der Waals surface area (Å²) in [5.41, 5.74) is 4.18. The molecule has 3 aromatic carbocycles.